The van der Waals surface area contributed by atoms with E-state index in [9.17, 15) is 10.1 Å². The average molecular weight is 256 g/mol. The van der Waals surface area contributed by atoms with Crippen molar-refractivity contribution in [2.24, 2.45) is 0 Å². The van der Waals surface area contributed by atoms with E-state index in [0.717, 1.165) is 0 Å². The number of aromatic nitrogens is 2. The molecule has 0 amide bonds. The van der Waals surface area contributed by atoms with E-state index in [1.807, 2.05) is 6.07 Å². The molecule has 0 saturated heterocycles. The molecule has 19 heavy (non-hydrogen) atoms. The number of non-ortho nitro benzene ring substituents is 1. The fourth-order valence-electron chi connectivity index (χ4n) is 1.41. The van der Waals surface area contributed by atoms with E-state index in [2.05, 4.69) is 9.97 Å². The first kappa shape index (κ1) is 12.4. The van der Waals surface area contributed by atoms with Crippen LogP contribution in [0.25, 0.3) is 0 Å². The number of benzene rings is 1. The third kappa shape index (κ3) is 3.01. The highest BCUT2D eigenvalue weighted by atomic mass is 16.6. The molecule has 0 N–H and O–H groups in total. The van der Waals surface area contributed by atoms with E-state index in [4.69, 9.17) is 10.00 Å². The molecule has 7 heteroatoms. The van der Waals surface area contributed by atoms with Crippen LogP contribution in [0.1, 0.15) is 11.4 Å². The Morgan fingerprint density at radius 1 is 1.37 bits per heavy atom. The van der Waals surface area contributed by atoms with Crippen molar-refractivity contribution in [1.29, 1.82) is 5.26 Å². The second kappa shape index (κ2) is 5.10. The Hall–Kier alpha value is -3.01. The summed E-state index contributed by atoms with van der Waals surface area (Å²) in [4.78, 5) is 18.0. The van der Waals surface area contributed by atoms with Crippen molar-refractivity contribution in [2.75, 3.05) is 0 Å². The van der Waals surface area contributed by atoms with Crippen molar-refractivity contribution < 1.29 is 9.66 Å². The number of nitro groups is 1. The third-order valence-corrected chi connectivity index (χ3v) is 2.19. The number of nitriles is 1. The lowest BCUT2D eigenvalue weighted by Gasteiger charge is -2.04. The molecule has 1 heterocycles. The van der Waals surface area contributed by atoms with Gasteiger partial charge in [0.05, 0.1) is 11.0 Å². The number of nitro benzene ring substituents is 1. The Bertz CT molecular complexity index is 679. The molecule has 2 rings (SSSR count). The molecule has 0 unspecified atom stereocenters. The van der Waals surface area contributed by atoms with E-state index < -0.39 is 4.92 Å². The van der Waals surface area contributed by atoms with Crippen LogP contribution in [0.2, 0.25) is 0 Å². The highest BCUT2D eigenvalue weighted by molar-refractivity contribution is 5.39. The third-order valence-electron chi connectivity index (χ3n) is 2.19. The van der Waals surface area contributed by atoms with Crippen molar-refractivity contribution in [3.8, 4) is 17.8 Å². The molecule has 0 aliphatic rings. The zero-order chi connectivity index (χ0) is 13.8. The number of hydrogen-bond acceptors (Lipinski definition) is 6. The van der Waals surface area contributed by atoms with Crippen LogP contribution < -0.4 is 4.74 Å². The van der Waals surface area contributed by atoms with Crippen LogP contribution in [0.15, 0.2) is 30.3 Å². The molecule has 0 atom stereocenters. The Balaban J connectivity index is 2.31. The van der Waals surface area contributed by atoms with E-state index in [0.29, 0.717) is 5.69 Å². The Kier molecular flexibility index (Phi) is 3.34. The highest BCUT2D eigenvalue weighted by Crippen LogP contribution is 2.23. The highest BCUT2D eigenvalue weighted by Gasteiger charge is 2.09. The quantitative estimate of drug-likeness (QED) is 0.617. The van der Waals surface area contributed by atoms with Gasteiger partial charge < -0.3 is 4.74 Å². The fraction of sp³-hybridized carbons (Fsp3) is 0.0833. The Morgan fingerprint density at radius 2 is 2.16 bits per heavy atom. The smallest absolute Gasteiger partial charge is 0.323 e. The van der Waals surface area contributed by atoms with Crippen molar-refractivity contribution in [3.63, 3.8) is 0 Å². The zero-order valence-corrected chi connectivity index (χ0v) is 9.90. The second-order valence-electron chi connectivity index (χ2n) is 3.65. The van der Waals surface area contributed by atoms with Gasteiger partial charge in [-0.25, -0.2) is 4.98 Å². The van der Waals surface area contributed by atoms with Crippen molar-refractivity contribution in [3.05, 3.63) is 51.8 Å². The largest absolute Gasteiger partial charge is 0.424 e. The zero-order valence-electron chi connectivity index (χ0n) is 9.90. The Morgan fingerprint density at radius 3 is 2.84 bits per heavy atom. The van der Waals surface area contributed by atoms with Gasteiger partial charge in [-0.3, -0.25) is 10.1 Å². The van der Waals surface area contributed by atoms with Gasteiger partial charge in [-0.1, -0.05) is 6.07 Å². The SMILES string of the molecule is Cc1cc(C#N)nc(Oc2cccc([N+](=O)[O-])c2)n1. The lowest BCUT2D eigenvalue weighted by molar-refractivity contribution is -0.384. The molecular weight excluding hydrogens is 248 g/mol. The lowest BCUT2D eigenvalue weighted by atomic mass is 10.3. The van der Waals surface area contributed by atoms with Gasteiger partial charge in [0.25, 0.3) is 5.69 Å². The summed E-state index contributed by atoms with van der Waals surface area (Å²) in [6, 6.07) is 9.04. The van der Waals surface area contributed by atoms with Gasteiger partial charge in [0.15, 0.2) is 0 Å². The molecule has 1 aromatic heterocycles. The van der Waals surface area contributed by atoms with Crippen molar-refractivity contribution in [1.82, 2.24) is 9.97 Å². The summed E-state index contributed by atoms with van der Waals surface area (Å²) in [5.74, 6) is 0.240. The molecule has 94 valence electrons. The van der Waals surface area contributed by atoms with Gasteiger partial charge in [0, 0.05) is 11.8 Å². The number of ether oxygens (including phenoxy) is 1. The summed E-state index contributed by atoms with van der Waals surface area (Å²) >= 11 is 0. The van der Waals surface area contributed by atoms with Crippen LogP contribution in [-0.2, 0) is 0 Å². The van der Waals surface area contributed by atoms with E-state index in [1.54, 1.807) is 13.0 Å². The number of hydrogen-bond donors (Lipinski definition) is 0. The molecular formula is C12H8N4O3. The molecule has 0 bridgehead atoms. The number of rotatable bonds is 3. The molecule has 2 aromatic rings. The van der Waals surface area contributed by atoms with Gasteiger partial charge in [0.2, 0.25) is 0 Å². The molecule has 0 fully saturated rings. The maximum Gasteiger partial charge on any atom is 0.323 e. The number of nitrogens with zero attached hydrogens (tertiary/aromatic N) is 4. The maximum absolute atomic E-state index is 10.6. The first-order valence-corrected chi connectivity index (χ1v) is 5.26. The average Bonchev–Trinajstić information content (AvgIpc) is 2.38. The van der Waals surface area contributed by atoms with E-state index in [-0.39, 0.29) is 23.1 Å². The normalized spacial score (nSPS) is 9.68. The molecule has 0 aliphatic carbocycles. The summed E-state index contributed by atoms with van der Waals surface area (Å²) in [7, 11) is 0. The van der Waals surface area contributed by atoms with Crippen LogP contribution in [0.4, 0.5) is 5.69 Å². The molecule has 1 aromatic carbocycles. The van der Waals surface area contributed by atoms with Crippen LogP contribution in [0, 0.1) is 28.4 Å². The van der Waals surface area contributed by atoms with Gasteiger partial charge in [-0.2, -0.15) is 10.2 Å². The standard InChI is InChI=1S/C12H8N4O3/c1-8-5-9(7-13)15-12(14-8)19-11-4-2-3-10(6-11)16(17)18/h2-6H,1H3. The summed E-state index contributed by atoms with van der Waals surface area (Å²) < 4.78 is 5.31. The summed E-state index contributed by atoms with van der Waals surface area (Å²) in [5.41, 5.74) is 0.658. The van der Waals surface area contributed by atoms with Crippen LogP contribution in [0.5, 0.6) is 11.8 Å². The predicted octanol–water partition coefficient (Wildman–Crippen LogP) is 2.36. The molecule has 0 radical (unpaired) electrons. The summed E-state index contributed by atoms with van der Waals surface area (Å²) in [6.45, 7) is 1.70. The first-order valence-electron chi connectivity index (χ1n) is 5.26. The fourth-order valence-corrected chi connectivity index (χ4v) is 1.41. The maximum atomic E-state index is 10.6. The lowest BCUT2D eigenvalue weighted by Crippen LogP contribution is -1.97. The minimum absolute atomic E-state index is 0.0166. The van der Waals surface area contributed by atoms with Crippen LogP contribution >= 0.6 is 0 Å². The van der Waals surface area contributed by atoms with Gasteiger partial charge in [-0.15, -0.1) is 0 Å². The van der Waals surface area contributed by atoms with Crippen LogP contribution in [-0.4, -0.2) is 14.9 Å². The monoisotopic (exact) mass is 256 g/mol. The topological polar surface area (TPSA) is 102 Å². The van der Waals surface area contributed by atoms with Crippen molar-refractivity contribution in [2.45, 2.75) is 6.92 Å². The van der Waals surface area contributed by atoms with E-state index in [1.165, 1.54) is 24.3 Å². The Labute approximate surface area is 108 Å². The minimum atomic E-state index is -0.523. The van der Waals surface area contributed by atoms with Gasteiger partial charge in [-0.05, 0) is 19.1 Å². The summed E-state index contributed by atoms with van der Waals surface area (Å²) in [6.07, 6.45) is 0. The molecule has 0 aliphatic heterocycles. The molecule has 0 spiro atoms. The molecule has 7 nitrogen and oxygen atoms in total. The minimum Gasteiger partial charge on any atom is -0.424 e. The second-order valence-corrected chi connectivity index (χ2v) is 3.65. The predicted molar refractivity (Wildman–Crippen MR) is 64.7 cm³/mol. The number of aryl methyl sites for hydroxylation is 1. The molecule has 0 saturated carbocycles. The van der Waals surface area contributed by atoms with Crippen LogP contribution in [0.3, 0.4) is 0 Å². The first-order chi connectivity index (χ1) is 9.08. The van der Waals surface area contributed by atoms with Gasteiger partial charge >= 0.3 is 6.01 Å². The summed E-state index contributed by atoms with van der Waals surface area (Å²) in [5, 5.41) is 19.4. The van der Waals surface area contributed by atoms with Crippen molar-refractivity contribution >= 4 is 5.69 Å². The van der Waals surface area contributed by atoms with Gasteiger partial charge in [0.1, 0.15) is 17.5 Å². The van der Waals surface area contributed by atoms with E-state index >= 15 is 0 Å².